The van der Waals surface area contributed by atoms with Crippen LogP contribution in [0, 0.1) is 5.92 Å². The third-order valence-electron chi connectivity index (χ3n) is 3.68. The van der Waals surface area contributed by atoms with Gasteiger partial charge < -0.3 is 0 Å². The summed E-state index contributed by atoms with van der Waals surface area (Å²) in [6.07, 6.45) is 2.37. The number of benzene rings is 2. The first-order valence-corrected chi connectivity index (χ1v) is 7.91. The minimum Gasteiger partial charge on any atom is -0.0835 e. The summed E-state index contributed by atoms with van der Waals surface area (Å²) in [7, 11) is 0. The highest BCUT2D eigenvalue weighted by Crippen LogP contribution is 2.40. The van der Waals surface area contributed by atoms with Crippen LogP contribution >= 0.6 is 31.9 Å². The molecule has 0 aromatic heterocycles. The summed E-state index contributed by atoms with van der Waals surface area (Å²) in [5, 5.41) is 0. The van der Waals surface area contributed by atoms with Crippen LogP contribution < -0.4 is 0 Å². The maximum Gasteiger partial charge on any atom is 0.0429 e. The SMILES string of the molecule is Brc1ccc(C(Br)C2Cc3ccccc3C2)cc1. The van der Waals surface area contributed by atoms with Crippen molar-refractivity contribution in [3.8, 4) is 0 Å². The van der Waals surface area contributed by atoms with Crippen LogP contribution in [-0.2, 0) is 12.8 Å². The molecule has 0 bridgehead atoms. The van der Waals surface area contributed by atoms with E-state index >= 15 is 0 Å². The van der Waals surface area contributed by atoms with Crippen molar-refractivity contribution < 1.29 is 0 Å². The average molecular weight is 366 g/mol. The predicted molar refractivity (Wildman–Crippen MR) is 83.2 cm³/mol. The third kappa shape index (κ3) is 2.41. The fourth-order valence-electron chi connectivity index (χ4n) is 2.72. The van der Waals surface area contributed by atoms with Crippen molar-refractivity contribution in [2.24, 2.45) is 5.92 Å². The average Bonchev–Trinajstić information content (AvgIpc) is 2.82. The van der Waals surface area contributed by atoms with E-state index in [1.807, 2.05) is 0 Å². The molecule has 2 heteroatoms. The van der Waals surface area contributed by atoms with Crippen LogP contribution in [0.2, 0.25) is 0 Å². The Hall–Kier alpha value is -0.600. The molecule has 2 aromatic carbocycles. The molecule has 1 unspecified atom stereocenters. The van der Waals surface area contributed by atoms with E-state index in [2.05, 4.69) is 80.4 Å². The number of rotatable bonds is 2. The molecule has 0 saturated heterocycles. The number of hydrogen-bond donors (Lipinski definition) is 0. The van der Waals surface area contributed by atoms with E-state index in [0.717, 1.165) is 4.47 Å². The molecule has 0 saturated carbocycles. The molecule has 0 amide bonds. The van der Waals surface area contributed by atoms with E-state index in [9.17, 15) is 0 Å². The van der Waals surface area contributed by atoms with Crippen LogP contribution in [0.5, 0.6) is 0 Å². The molecule has 0 aliphatic heterocycles. The molecular formula is C16H14Br2. The Kier molecular flexibility index (Phi) is 3.58. The Bertz CT molecular complexity index is 520. The molecule has 2 aromatic rings. The zero-order chi connectivity index (χ0) is 12.5. The lowest BCUT2D eigenvalue weighted by atomic mass is 9.96. The summed E-state index contributed by atoms with van der Waals surface area (Å²) in [5.74, 6) is 0.670. The van der Waals surface area contributed by atoms with Gasteiger partial charge in [0.15, 0.2) is 0 Å². The van der Waals surface area contributed by atoms with Crippen LogP contribution in [0.1, 0.15) is 21.5 Å². The van der Waals surface area contributed by atoms with Crippen LogP contribution in [0.3, 0.4) is 0 Å². The van der Waals surface area contributed by atoms with E-state index in [1.54, 1.807) is 0 Å². The molecule has 3 rings (SSSR count). The van der Waals surface area contributed by atoms with Gasteiger partial charge in [-0.2, -0.15) is 0 Å². The smallest absolute Gasteiger partial charge is 0.0429 e. The molecule has 1 aliphatic carbocycles. The fourth-order valence-corrected chi connectivity index (χ4v) is 3.66. The highest BCUT2D eigenvalue weighted by molar-refractivity contribution is 9.10. The van der Waals surface area contributed by atoms with Crippen LogP contribution in [-0.4, -0.2) is 0 Å². The molecule has 1 aliphatic rings. The lowest BCUT2D eigenvalue weighted by Gasteiger charge is -2.17. The number of halogens is 2. The van der Waals surface area contributed by atoms with Gasteiger partial charge in [0.1, 0.15) is 0 Å². The van der Waals surface area contributed by atoms with E-state index in [4.69, 9.17) is 0 Å². The zero-order valence-corrected chi connectivity index (χ0v) is 13.1. The van der Waals surface area contributed by atoms with Gasteiger partial charge in [0.05, 0.1) is 0 Å². The minimum absolute atomic E-state index is 0.443. The Morgan fingerprint density at radius 2 is 1.44 bits per heavy atom. The molecule has 92 valence electrons. The molecule has 1 atom stereocenters. The van der Waals surface area contributed by atoms with Gasteiger partial charge in [-0.25, -0.2) is 0 Å². The second-order valence-corrected chi connectivity index (χ2v) is 6.79. The Morgan fingerprint density at radius 3 is 2.00 bits per heavy atom. The normalized spacial score (nSPS) is 16.6. The lowest BCUT2D eigenvalue weighted by molar-refractivity contribution is 0.554. The van der Waals surface area contributed by atoms with Gasteiger partial charge in [0.25, 0.3) is 0 Å². The standard InChI is InChI=1S/C16H14Br2/c17-15-7-5-11(6-8-15)16(18)14-9-12-3-1-2-4-13(12)10-14/h1-8,14,16H,9-10H2. The first-order chi connectivity index (χ1) is 8.74. The van der Waals surface area contributed by atoms with E-state index < -0.39 is 0 Å². The van der Waals surface area contributed by atoms with E-state index in [-0.39, 0.29) is 0 Å². The highest BCUT2D eigenvalue weighted by Gasteiger charge is 2.27. The van der Waals surface area contributed by atoms with E-state index in [1.165, 1.54) is 29.5 Å². The summed E-state index contributed by atoms with van der Waals surface area (Å²) < 4.78 is 1.14. The molecule has 0 spiro atoms. The summed E-state index contributed by atoms with van der Waals surface area (Å²) in [5.41, 5.74) is 4.41. The van der Waals surface area contributed by atoms with Gasteiger partial charge in [0, 0.05) is 9.30 Å². The Balaban J connectivity index is 1.80. The topological polar surface area (TPSA) is 0 Å². The van der Waals surface area contributed by atoms with Gasteiger partial charge in [0.2, 0.25) is 0 Å². The van der Waals surface area contributed by atoms with Gasteiger partial charge >= 0.3 is 0 Å². The largest absolute Gasteiger partial charge is 0.0835 e. The van der Waals surface area contributed by atoms with Gasteiger partial charge in [-0.05, 0) is 47.6 Å². The monoisotopic (exact) mass is 364 g/mol. The zero-order valence-electron chi connectivity index (χ0n) is 9.94. The molecule has 0 N–H and O–H groups in total. The molecule has 0 fully saturated rings. The third-order valence-corrected chi connectivity index (χ3v) is 5.49. The van der Waals surface area contributed by atoms with Crippen molar-refractivity contribution >= 4 is 31.9 Å². The molecule has 18 heavy (non-hydrogen) atoms. The van der Waals surface area contributed by atoms with Crippen molar-refractivity contribution in [2.75, 3.05) is 0 Å². The summed E-state index contributed by atoms with van der Waals surface area (Å²) in [6, 6.07) is 17.4. The maximum atomic E-state index is 3.88. The Labute approximate surface area is 125 Å². The number of hydrogen-bond acceptors (Lipinski definition) is 0. The van der Waals surface area contributed by atoms with Crippen molar-refractivity contribution in [3.05, 3.63) is 69.7 Å². The van der Waals surface area contributed by atoms with Crippen molar-refractivity contribution in [3.63, 3.8) is 0 Å². The quantitative estimate of drug-likeness (QED) is 0.633. The van der Waals surface area contributed by atoms with Gasteiger partial charge in [-0.15, -0.1) is 0 Å². The minimum atomic E-state index is 0.443. The van der Waals surface area contributed by atoms with Crippen LogP contribution in [0.15, 0.2) is 53.0 Å². The summed E-state index contributed by atoms with van der Waals surface area (Å²) in [4.78, 5) is 0.443. The van der Waals surface area contributed by atoms with E-state index in [0.29, 0.717) is 10.7 Å². The predicted octanol–water partition coefficient (Wildman–Crippen LogP) is 5.30. The van der Waals surface area contributed by atoms with Crippen LogP contribution in [0.25, 0.3) is 0 Å². The first kappa shape index (κ1) is 12.4. The molecular weight excluding hydrogens is 352 g/mol. The second kappa shape index (κ2) is 5.18. The van der Waals surface area contributed by atoms with Gasteiger partial charge in [-0.3, -0.25) is 0 Å². The number of fused-ring (bicyclic) bond motifs is 1. The lowest BCUT2D eigenvalue weighted by Crippen LogP contribution is -2.07. The fraction of sp³-hybridized carbons (Fsp3) is 0.250. The molecule has 0 radical (unpaired) electrons. The molecule has 0 heterocycles. The molecule has 0 nitrogen and oxygen atoms in total. The highest BCUT2D eigenvalue weighted by atomic mass is 79.9. The van der Waals surface area contributed by atoms with Gasteiger partial charge in [-0.1, -0.05) is 68.3 Å². The maximum absolute atomic E-state index is 3.88. The Morgan fingerprint density at radius 1 is 0.889 bits per heavy atom. The summed E-state index contributed by atoms with van der Waals surface area (Å²) >= 11 is 7.37. The number of alkyl halides is 1. The second-order valence-electron chi connectivity index (χ2n) is 4.89. The first-order valence-electron chi connectivity index (χ1n) is 6.20. The van der Waals surface area contributed by atoms with Crippen molar-refractivity contribution in [1.82, 2.24) is 0 Å². The van der Waals surface area contributed by atoms with Crippen LogP contribution in [0.4, 0.5) is 0 Å². The van der Waals surface area contributed by atoms with Crippen molar-refractivity contribution in [2.45, 2.75) is 17.7 Å². The summed E-state index contributed by atoms with van der Waals surface area (Å²) in [6.45, 7) is 0. The van der Waals surface area contributed by atoms with Crippen molar-refractivity contribution in [1.29, 1.82) is 0 Å².